The number of benzene rings is 6. The summed E-state index contributed by atoms with van der Waals surface area (Å²) < 4.78 is 0. The van der Waals surface area contributed by atoms with Gasteiger partial charge in [0.15, 0.2) is 0 Å². The van der Waals surface area contributed by atoms with E-state index in [0.717, 1.165) is 60.5 Å². The first-order chi connectivity index (χ1) is 21.8. The first-order valence-electron chi connectivity index (χ1n) is 14.8. The largest absolute Gasteiger partial charge is 0.256 e. The van der Waals surface area contributed by atoms with Crippen LogP contribution in [0.3, 0.4) is 0 Å². The summed E-state index contributed by atoms with van der Waals surface area (Å²) in [6, 6.07) is 47.6. The molecule has 6 aromatic carbocycles. The van der Waals surface area contributed by atoms with Gasteiger partial charge in [0.25, 0.3) is 0 Å². The summed E-state index contributed by atoms with van der Waals surface area (Å²) in [5.41, 5.74) is 9.61. The molecule has 0 atom stereocenters. The molecule has 0 N–H and O–H groups in total. The summed E-state index contributed by atoms with van der Waals surface area (Å²) in [6.07, 6.45) is 5.79. The number of nitrogens with zero attached hydrogens (tertiary/aromatic N) is 3. The minimum atomic E-state index is 0.921. The number of hydrogen-bond donors (Lipinski definition) is 0. The van der Waals surface area contributed by atoms with Crippen LogP contribution in [-0.4, -0.2) is 15.0 Å². The summed E-state index contributed by atoms with van der Waals surface area (Å²) in [5.74, 6) is 0. The van der Waals surface area contributed by atoms with Gasteiger partial charge in [0, 0.05) is 45.9 Å². The lowest BCUT2D eigenvalue weighted by Crippen LogP contribution is -1.91. The Hall–Kier alpha value is -5.93. The molecule has 204 valence electrons. The van der Waals surface area contributed by atoms with E-state index in [1.807, 2.05) is 30.7 Å². The van der Waals surface area contributed by atoms with Crippen molar-refractivity contribution in [3.05, 3.63) is 152 Å². The van der Waals surface area contributed by atoms with Gasteiger partial charge in [0.05, 0.1) is 16.6 Å². The van der Waals surface area contributed by atoms with Crippen LogP contribution >= 0.6 is 0 Å². The molecule has 0 aliphatic carbocycles. The first-order valence-corrected chi connectivity index (χ1v) is 14.8. The minimum Gasteiger partial charge on any atom is -0.256 e. The fourth-order valence-electron chi connectivity index (χ4n) is 6.51. The maximum atomic E-state index is 4.95. The van der Waals surface area contributed by atoms with Gasteiger partial charge in [0.1, 0.15) is 0 Å². The normalized spacial score (nSPS) is 11.6. The van der Waals surface area contributed by atoms with E-state index in [9.17, 15) is 0 Å². The second kappa shape index (κ2) is 9.82. The number of para-hydroxylation sites is 1. The molecular formula is C41H25N3. The summed E-state index contributed by atoms with van der Waals surface area (Å²) in [6.45, 7) is 0. The lowest BCUT2D eigenvalue weighted by molar-refractivity contribution is 1.37. The Kier molecular flexibility index (Phi) is 5.50. The van der Waals surface area contributed by atoms with Crippen molar-refractivity contribution in [1.29, 1.82) is 0 Å². The van der Waals surface area contributed by atoms with Crippen molar-refractivity contribution >= 4 is 54.3 Å². The van der Waals surface area contributed by atoms with Gasteiger partial charge in [-0.2, -0.15) is 0 Å². The molecule has 3 nitrogen and oxygen atoms in total. The van der Waals surface area contributed by atoms with E-state index in [2.05, 4.69) is 126 Å². The Bertz CT molecular complexity index is 2570. The van der Waals surface area contributed by atoms with Crippen molar-refractivity contribution in [2.24, 2.45) is 0 Å². The molecule has 0 aliphatic heterocycles. The number of aromatic nitrogens is 3. The van der Waals surface area contributed by atoms with Crippen LogP contribution in [0.2, 0.25) is 0 Å². The van der Waals surface area contributed by atoms with E-state index in [4.69, 9.17) is 9.97 Å². The zero-order valence-corrected chi connectivity index (χ0v) is 23.8. The third-order valence-corrected chi connectivity index (χ3v) is 8.73. The smallest absolute Gasteiger partial charge is 0.0964 e. The number of fused-ring (bicyclic) bond motifs is 7. The minimum absolute atomic E-state index is 0.921. The maximum absolute atomic E-state index is 4.95. The van der Waals surface area contributed by atoms with Crippen molar-refractivity contribution in [3.8, 4) is 33.4 Å². The molecule has 3 aromatic heterocycles. The molecule has 44 heavy (non-hydrogen) atoms. The number of pyridine rings is 3. The molecule has 0 fully saturated rings. The van der Waals surface area contributed by atoms with Crippen LogP contribution in [0.25, 0.3) is 87.6 Å². The van der Waals surface area contributed by atoms with Gasteiger partial charge >= 0.3 is 0 Å². The molecule has 0 saturated heterocycles. The van der Waals surface area contributed by atoms with Gasteiger partial charge in [-0.1, -0.05) is 97.1 Å². The predicted octanol–water partition coefficient (Wildman–Crippen LogP) is 10.6. The quantitative estimate of drug-likeness (QED) is 0.202. The molecule has 9 aromatic rings. The molecule has 0 unspecified atom stereocenters. The summed E-state index contributed by atoms with van der Waals surface area (Å²) >= 11 is 0. The van der Waals surface area contributed by atoms with Gasteiger partial charge in [0.2, 0.25) is 0 Å². The van der Waals surface area contributed by atoms with Crippen LogP contribution in [0.5, 0.6) is 0 Å². The highest BCUT2D eigenvalue weighted by atomic mass is 14.7. The lowest BCUT2D eigenvalue weighted by Gasteiger charge is -2.15. The van der Waals surface area contributed by atoms with Crippen molar-refractivity contribution in [2.75, 3.05) is 0 Å². The van der Waals surface area contributed by atoms with E-state index >= 15 is 0 Å². The van der Waals surface area contributed by atoms with E-state index in [1.54, 1.807) is 0 Å². The molecule has 9 rings (SSSR count). The van der Waals surface area contributed by atoms with E-state index in [-0.39, 0.29) is 0 Å². The van der Waals surface area contributed by atoms with Crippen LogP contribution < -0.4 is 0 Å². The van der Waals surface area contributed by atoms with E-state index in [1.165, 1.54) is 27.1 Å². The van der Waals surface area contributed by atoms with Crippen molar-refractivity contribution < 1.29 is 0 Å². The Morgan fingerprint density at radius 1 is 0.341 bits per heavy atom. The third-order valence-electron chi connectivity index (χ3n) is 8.73. The highest BCUT2D eigenvalue weighted by Gasteiger charge is 2.14. The van der Waals surface area contributed by atoms with E-state index < -0.39 is 0 Å². The Morgan fingerprint density at radius 3 is 2.00 bits per heavy atom. The molecule has 0 bridgehead atoms. The predicted molar refractivity (Wildman–Crippen MR) is 184 cm³/mol. The van der Waals surface area contributed by atoms with Gasteiger partial charge < -0.3 is 0 Å². The Morgan fingerprint density at radius 2 is 1.02 bits per heavy atom. The second-order valence-corrected chi connectivity index (χ2v) is 11.3. The van der Waals surface area contributed by atoms with Crippen LogP contribution in [0.4, 0.5) is 0 Å². The highest BCUT2D eigenvalue weighted by molar-refractivity contribution is 6.09. The van der Waals surface area contributed by atoms with Crippen LogP contribution in [-0.2, 0) is 0 Å². The molecular weight excluding hydrogens is 534 g/mol. The molecule has 3 heteroatoms. The first kappa shape index (κ1) is 24.6. The van der Waals surface area contributed by atoms with Gasteiger partial charge in [-0.05, 0) is 80.2 Å². The van der Waals surface area contributed by atoms with Crippen LogP contribution in [0.15, 0.2) is 152 Å². The molecule has 0 spiro atoms. The van der Waals surface area contributed by atoms with E-state index in [0.29, 0.717) is 0 Å². The monoisotopic (exact) mass is 559 g/mol. The fraction of sp³-hybridized carbons (Fsp3) is 0. The lowest BCUT2D eigenvalue weighted by atomic mass is 9.90. The third kappa shape index (κ3) is 4.02. The molecule has 3 heterocycles. The summed E-state index contributed by atoms with van der Waals surface area (Å²) in [4.78, 5) is 14.3. The topological polar surface area (TPSA) is 38.7 Å². The zero-order chi connectivity index (χ0) is 29.0. The van der Waals surface area contributed by atoms with Crippen LogP contribution in [0.1, 0.15) is 0 Å². The second-order valence-electron chi connectivity index (χ2n) is 11.3. The summed E-state index contributed by atoms with van der Waals surface area (Å²) in [7, 11) is 0. The number of rotatable bonds is 3. The number of hydrogen-bond acceptors (Lipinski definition) is 3. The van der Waals surface area contributed by atoms with Crippen LogP contribution in [0, 0.1) is 0 Å². The fourth-order valence-corrected chi connectivity index (χ4v) is 6.51. The molecule has 0 amide bonds. The maximum Gasteiger partial charge on any atom is 0.0964 e. The average molecular weight is 560 g/mol. The van der Waals surface area contributed by atoms with Gasteiger partial charge in [-0.25, -0.2) is 0 Å². The zero-order valence-electron chi connectivity index (χ0n) is 23.8. The van der Waals surface area contributed by atoms with Gasteiger partial charge in [-0.15, -0.1) is 0 Å². The molecule has 0 saturated carbocycles. The average Bonchev–Trinajstić information content (AvgIpc) is 3.10. The SMILES string of the molecule is c1ccc2ncc(-c3ccc(-c4cnc5c(ccc6cccnc65)c4)c(-c4ccc5c(ccc6ccccc65)c4)c3)cc2c1. The standard InChI is InChI=1S/C41H25N3/c1-3-9-35-26(6-1)11-13-29-20-30(16-18-36(29)35)38-23-28(33-21-31-7-2-4-10-39(31)43-24-33)15-17-37(38)34-22-32-14-12-27-8-5-19-42-40(27)41(32)44-25-34/h1-25H. The van der Waals surface area contributed by atoms with Crippen molar-refractivity contribution in [2.45, 2.75) is 0 Å². The van der Waals surface area contributed by atoms with Gasteiger partial charge in [-0.3, -0.25) is 15.0 Å². The van der Waals surface area contributed by atoms with Crippen molar-refractivity contribution in [1.82, 2.24) is 15.0 Å². The molecule has 0 aliphatic rings. The Balaban J connectivity index is 1.26. The Labute approximate surface area is 254 Å². The van der Waals surface area contributed by atoms with Crippen molar-refractivity contribution in [3.63, 3.8) is 0 Å². The highest BCUT2D eigenvalue weighted by Crippen LogP contribution is 2.39. The summed E-state index contributed by atoms with van der Waals surface area (Å²) in [5, 5.41) is 8.31. The molecule has 0 radical (unpaired) electrons.